The van der Waals surface area contributed by atoms with Crippen LogP contribution < -0.4 is 27.0 Å². The number of nitrogens with zero attached hydrogens (tertiary/aromatic N) is 2. The SMILES string of the molecule is NC(=O)CN[C@@H]1CCC[C@H](Nc2nc(C3=CNC4NC=C(Cl)C=C34)ncc2F)C1. The first-order chi connectivity index (χ1) is 14.0. The van der Waals surface area contributed by atoms with Crippen LogP contribution in [0.5, 0.6) is 0 Å². The van der Waals surface area contributed by atoms with Crippen LogP contribution in [0, 0.1) is 5.82 Å². The van der Waals surface area contributed by atoms with Gasteiger partial charge in [0.2, 0.25) is 5.91 Å². The van der Waals surface area contributed by atoms with Gasteiger partial charge >= 0.3 is 0 Å². The van der Waals surface area contributed by atoms with Gasteiger partial charge in [0, 0.05) is 35.6 Å². The molecule has 1 unspecified atom stereocenters. The number of hydrogen-bond acceptors (Lipinski definition) is 7. The maximum absolute atomic E-state index is 14.4. The van der Waals surface area contributed by atoms with Crippen molar-refractivity contribution in [2.24, 2.45) is 5.73 Å². The summed E-state index contributed by atoms with van der Waals surface area (Å²) in [6.45, 7) is 0.145. The number of amides is 1. The van der Waals surface area contributed by atoms with Gasteiger partial charge in [0.1, 0.15) is 6.17 Å². The number of hydrogen-bond donors (Lipinski definition) is 5. The fourth-order valence-corrected chi connectivity index (χ4v) is 4.06. The number of carbonyl (C=O) groups excluding carboxylic acids is 1. The van der Waals surface area contributed by atoms with Crippen molar-refractivity contribution in [3.8, 4) is 0 Å². The number of carbonyl (C=O) groups is 1. The molecule has 6 N–H and O–H groups in total. The summed E-state index contributed by atoms with van der Waals surface area (Å²) in [7, 11) is 0. The molecule has 1 fully saturated rings. The van der Waals surface area contributed by atoms with E-state index < -0.39 is 5.82 Å². The average Bonchev–Trinajstić information content (AvgIpc) is 3.11. The molecule has 0 radical (unpaired) electrons. The average molecular weight is 420 g/mol. The van der Waals surface area contributed by atoms with Crippen LogP contribution in [0.1, 0.15) is 31.5 Å². The molecule has 1 aromatic heterocycles. The van der Waals surface area contributed by atoms with E-state index in [0.29, 0.717) is 10.9 Å². The van der Waals surface area contributed by atoms with Crippen molar-refractivity contribution in [1.82, 2.24) is 25.9 Å². The predicted octanol–water partition coefficient (Wildman–Crippen LogP) is 1.29. The standard InChI is InChI=1S/C19H23ClFN7O/c20-10-4-13-14(7-25-17(13)24-6-10)18-26-8-15(21)19(28-18)27-12-3-1-2-11(5-12)23-9-16(22)29/h4,6-8,11-12,17,23-25H,1-3,5,9H2,(H2,22,29)(H,26,27,28)/t11-,12+,17?/m1/s1. The first-order valence-corrected chi connectivity index (χ1v) is 9.98. The van der Waals surface area contributed by atoms with Crippen LogP contribution in [0.15, 0.2) is 35.3 Å². The molecule has 0 aromatic carbocycles. The third-order valence-corrected chi connectivity index (χ3v) is 5.48. The summed E-state index contributed by atoms with van der Waals surface area (Å²) in [6.07, 6.45) is 10.0. The Balaban J connectivity index is 1.48. The van der Waals surface area contributed by atoms with E-state index >= 15 is 0 Å². The summed E-state index contributed by atoms with van der Waals surface area (Å²) < 4.78 is 14.4. The zero-order valence-electron chi connectivity index (χ0n) is 15.7. The fourth-order valence-electron chi connectivity index (χ4n) is 3.88. The summed E-state index contributed by atoms with van der Waals surface area (Å²) in [5.74, 6) is -0.295. The number of dihydropyridines is 1. The number of primary amides is 1. The van der Waals surface area contributed by atoms with Gasteiger partial charge in [-0.2, -0.15) is 0 Å². The molecule has 8 nitrogen and oxygen atoms in total. The zero-order valence-corrected chi connectivity index (χ0v) is 16.5. The molecular formula is C19H23ClFN7O. The minimum absolute atomic E-state index is 0.0442. The molecule has 1 saturated carbocycles. The van der Waals surface area contributed by atoms with Crippen LogP contribution in [0.3, 0.4) is 0 Å². The Morgan fingerprint density at radius 2 is 2.10 bits per heavy atom. The topological polar surface area (TPSA) is 117 Å². The lowest BCUT2D eigenvalue weighted by Crippen LogP contribution is -2.42. The Morgan fingerprint density at radius 3 is 2.93 bits per heavy atom. The number of aromatic nitrogens is 2. The molecule has 10 heteroatoms. The third kappa shape index (κ3) is 4.51. The highest BCUT2D eigenvalue weighted by Gasteiger charge is 2.28. The number of halogens is 2. The number of nitrogens with two attached hydrogens (primary N) is 1. The predicted molar refractivity (Wildman–Crippen MR) is 109 cm³/mol. The van der Waals surface area contributed by atoms with Crippen molar-refractivity contribution in [2.45, 2.75) is 43.9 Å². The molecule has 3 heterocycles. The lowest BCUT2D eigenvalue weighted by atomic mass is 9.91. The van der Waals surface area contributed by atoms with Crippen molar-refractivity contribution in [3.63, 3.8) is 0 Å². The Hall–Kier alpha value is -2.65. The second-order valence-electron chi connectivity index (χ2n) is 7.40. The second-order valence-corrected chi connectivity index (χ2v) is 7.83. The van der Waals surface area contributed by atoms with Crippen molar-refractivity contribution in [3.05, 3.63) is 46.9 Å². The fraction of sp³-hybridized carbons (Fsp3) is 0.421. The van der Waals surface area contributed by atoms with Crippen LogP contribution in [-0.4, -0.2) is 40.7 Å². The highest BCUT2D eigenvalue weighted by atomic mass is 35.5. The molecule has 29 heavy (non-hydrogen) atoms. The molecule has 1 aromatic rings. The Kier molecular flexibility index (Phi) is 5.68. The van der Waals surface area contributed by atoms with Gasteiger partial charge in [0.05, 0.1) is 17.8 Å². The second kappa shape index (κ2) is 8.38. The Morgan fingerprint density at radius 1 is 1.31 bits per heavy atom. The normalized spacial score (nSPS) is 25.7. The van der Waals surface area contributed by atoms with E-state index in [1.165, 1.54) is 6.20 Å². The number of allylic oxidation sites excluding steroid dienone is 2. The molecule has 2 aliphatic heterocycles. The smallest absolute Gasteiger partial charge is 0.231 e. The minimum Gasteiger partial charge on any atom is -0.369 e. The van der Waals surface area contributed by atoms with Gasteiger partial charge in [-0.15, -0.1) is 0 Å². The van der Waals surface area contributed by atoms with Crippen LogP contribution in [0.4, 0.5) is 10.2 Å². The Labute approximate surface area is 172 Å². The summed E-state index contributed by atoms with van der Waals surface area (Å²) in [5.41, 5.74) is 6.88. The van der Waals surface area contributed by atoms with Crippen molar-refractivity contribution in [1.29, 1.82) is 0 Å². The highest BCUT2D eigenvalue weighted by molar-refractivity contribution is 6.31. The number of fused-ring (bicyclic) bond motifs is 1. The number of nitrogens with one attached hydrogen (secondary N) is 4. The van der Waals surface area contributed by atoms with Crippen LogP contribution in [0.2, 0.25) is 0 Å². The van der Waals surface area contributed by atoms with Gasteiger partial charge in [-0.25, -0.2) is 14.4 Å². The maximum Gasteiger partial charge on any atom is 0.231 e. The van der Waals surface area contributed by atoms with Gasteiger partial charge in [0.15, 0.2) is 17.5 Å². The summed E-state index contributed by atoms with van der Waals surface area (Å²) in [6, 6.07) is 0.204. The largest absolute Gasteiger partial charge is 0.369 e. The molecule has 0 bridgehead atoms. The van der Waals surface area contributed by atoms with Crippen LogP contribution in [-0.2, 0) is 4.79 Å². The zero-order chi connectivity index (χ0) is 20.4. The summed E-state index contributed by atoms with van der Waals surface area (Å²) in [4.78, 5) is 19.6. The van der Waals surface area contributed by atoms with Crippen molar-refractivity contribution >= 4 is 28.9 Å². The third-order valence-electron chi connectivity index (χ3n) is 5.26. The number of anilines is 1. The molecule has 3 aliphatic rings. The van der Waals surface area contributed by atoms with E-state index in [2.05, 4.69) is 31.2 Å². The highest BCUT2D eigenvalue weighted by Crippen LogP contribution is 2.31. The van der Waals surface area contributed by atoms with Gasteiger partial charge in [-0.3, -0.25) is 4.79 Å². The molecule has 4 rings (SSSR count). The van der Waals surface area contributed by atoms with Crippen molar-refractivity contribution in [2.75, 3.05) is 11.9 Å². The molecule has 1 aliphatic carbocycles. The monoisotopic (exact) mass is 419 g/mol. The van der Waals surface area contributed by atoms with E-state index in [1.54, 1.807) is 12.4 Å². The van der Waals surface area contributed by atoms with Gasteiger partial charge in [0.25, 0.3) is 0 Å². The molecular weight excluding hydrogens is 397 g/mol. The Bertz CT molecular complexity index is 901. The lowest BCUT2D eigenvalue weighted by molar-refractivity contribution is -0.117. The number of rotatable bonds is 6. The van der Waals surface area contributed by atoms with Gasteiger partial charge in [-0.1, -0.05) is 11.6 Å². The van der Waals surface area contributed by atoms with E-state index in [9.17, 15) is 9.18 Å². The van der Waals surface area contributed by atoms with Crippen molar-refractivity contribution < 1.29 is 9.18 Å². The molecule has 3 atom stereocenters. The van der Waals surface area contributed by atoms with Crippen LogP contribution in [0.25, 0.3) is 5.57 Å². The molecule has 0 saturated heterocycles. The van der Waals surface area contributed by atoms with E-state index in [-0.39, 0.29) is 36.5 Å². The van der Waals surface area contributed by atoms with E-state index in [4.69, 9.17) is 17.3 Å². The minimum atomic E-state index is -0.502. The van der Waals surface area contributed by atoms with E-state index in [1.807, 2.05) is 6.08 Å². The summed E-state index contributed by atoms with van der Waals surface area (Å²) in [5, 5.41) is 13.3. The van der Waals surface area contributed by atoms with E-state index in [0.717, 1.165) is 36.8 Å². The first-order valence-electron chi connectivity index (χ1n) is 9.60. The van der Waals surface area contributed by atoms with Gasteiger partial charge in [-0.05, 0) is 31.8 Å². The summed E-state index contributed by atoms with van der Waals surface area (Å²) >= 11 is 6.10. The molecule has 1 amide bonds. The lowest BCUT2D eigenvalue weighted by Gasteiger charge is -2.30. The maximum atomic E-state index is 14.4. The quantitative estimate of drug-likeness (QED) is 0.471. The first kappa shape index (κ1) is 19.7. The van der Waals surface area contributed by atoms with Gasteiger partial charge < -0.3 is 27.0 Å². The molecule has 154 valence electrons. The van der Waals surface area contributed by atoms with Crippen LogP contribution >= 0.6 is 11.6 Å². The molecule has 0 spiro atoms.